The SMILES string of the molecule is C/C(=C/CCC(C(=O)O)[C@H]1[C@H](O)C[C@@]2(C)C3=CC[C@H]4C(C)(C)[C@H](O)CC[C@]4(C)C3=CC[C@]12C)CO. The van der Waals surface area contributed by atoms with Gasteiger partial charge in [0.15, 0.2) is 0 Å². The Labute approximate surface area is 211 Å². The van der Waals surface area contributed by atoms with E-state index in [9.17, 15) is 25.2 Å². The Bertz CT molecular complexity index is 960. The number of fused-ring (bicyclic) bond motifs is 5. The van der Waals surface area contributed by atoms with Crippen LogP contribution in [-0.2, 0) is 4.79 Å². The highest BCUT2D eigenvalue weighted by Gasteiger charge is 2.66. The molecular weight excluding hydrogens is 440 g/mol. The molecule has 2 fully saturated rings. The summed E-state index contributed by atoms with van der Waals surface area (Å²) >= 11 is 0. The summed E-state index contributed by atoms with van der Waals surface area (Å²) in [4.78, 5) is 12.5. The summed E-state index contributed by atoms with van der Waals surface area (Å²) < 4.78 is 0. The molecule has 8 atom stereocenters. The lowest BCUT2D eigenvalue weighted by Crippen LogP contribution is -2.54. The summed E-state index contributed by atoms with van der Waals surface area (Å²) in [6.45, 7) is 13.1. The van der Waals surface area contributed by atoms with Gasteiger partial charge in [0.2, 0.25) is 0 Å². The van der Waals surface area contributed by atoms with Crippen LogP contribution in [0.4, 0.5) is 0 Å². The first-order valence-electron chi connectivity index (χ1n) is 13.5. The van der Waals surface area contributed by atoms with Crippen LogP contribution >= 0.6 is 0 Å². The normalized spacial score (nSPS) is 43.4. The van der Waals surface area contributed by atoms with Crippen LogP contribution in [0, 0.1) is 39.4 Å². The van der Waals surface area contributed by atoms with Crippen LogP contribution in [0.5, 0.6) is 0 Å². The summed E-state index contributed by atoms with van der Waals surface area (Å²) in [6.07, 6.45) is 10.7. The molecule has 4 aliphatic rings. The molecule has 0 bridgehead atoms. The van der Waals surface area contributed by atoms with Crippen molar-refractivity contribution in [3.05, 3.63) is 34.9 Å². The third-order valence-corrected chi connectivity index (χ3v) is 11.2. The van der Waals surface area contributed by atoms with Crippen molar-refractivity contribution in [1.82, 2.24) is 0 Å². The number of rotatable bonds is 6. The van der Waals surface area contributed by atoms with Gasteiger partial charge in [-0.3, -0.25) is 4.79 Å². The minimum atomic E-state index is -0.836. The summed E-state index contributed by atoms with van der Waals surface area (Å²) in [7, 11) is 0. The van der Waals surface area contributed by atoms with Gasteiger partial charge in [0.25, 0.3) is 0 Å². The summed E-state index contributed by atoms with van der Waals surface area (Å²) in [6, 6.07) is 0. The molecule has 0 radical (unpaired) electrons. The molecule has 1 unspecified atom stereocenters. The number of allylic oxidation sites excluding steroid dienone is 5. The topological polar surface area (TPSA) is 98.0 Å². The van der Waals surface area contributed by atoms with Gasteiger partial charge < -0.3 is 20.4 Å². The number of aliphatic carboxylic acids is 1. The number of carbonyl (C=O) groups is 1. The molecule has 0 aromatic heterocycles. The van der Waals surface area contributed by atoms with Crippen molar-refractivity contribution in [1.29, 1.82) is 0 Å². The van der Waals surface area contributed by atoms with Crippen molar-refractivity contribution < 1.29 is 25.2 Å². The van der Waals surface area contributed by atoms with E-state index in [2.05, 4.69) is 46.8 Å². The van der Waals surface area contributed by atoms with Crippen molar-refractivity contribution in [2.75, 3.05) is 6.61 Å². The van der Waals surface area contributed by atoms with Gasteiger partial charge in [0.05, 0.1) is 24.7 Å². The highest BCUT2D eigenvalue weighted by atomic mass is 16.4. The molecule has 35 heavy (non-hydrogen) atoms. The highest BCUT2D eigenvalue weighted by Crippen LogP contribution is 2.71. The maximum Gasteiger partial charge on any atom is 0.306 e. The molecule has 5 nitrogen and oxygen atoms in total. The number of hydrogen-bond donors (Lipinski definition) is 4. The van der Waals surface area contributed by atoms with Gasteiger partial charge in [-0.25, -0.2) is 0 Å². The second-order valence-corrected chi connectivity index (χ2v) is 13.3. The zero-order valence-corrected chi connectivity index (χ0v) is 22.5. The van der Waals surface area contributed by atoms with Crippen molar-refractivity contribution in [3.63, 3.8) is 0 Å². The molecule has 4 aliphatic carbocycles. The summed E-state index contributed by atoms with van der Waals surface area (Å²) in [5.74, 6) is -1.44. The number of aliphatic hydroxyl groups is 3. The molecular formula is C30H46O5. The summed E-state index contributed by atoms with van der Waals surface area (Å²) in [5, 5.41) is 41.8. The fourth-order valence-corrected chi connectivity index (χ4v) is 8.85. The van der Waals surface area contributed by atoms with Gasteiger partial charge in [0.1, 0.15) is 0 Å². The molecule has 0 amide bonds. The lowest BCUT2D eigenvalue weighted by Gasteiger charge is -2.61. The van der Waals surface area contributed by atoms with Crippen LogP contribution in [0.25, 0.3) is 0 Å². The zero-order chi connectivity index (χ0) is 26.0. The average Bonchev–Trinajstić information content (AvgIpc) is 2.99. The van der Waals surface area contributed by atoms with Gasteiger partial charge in [-0.2, -0.15) is 0 Å². The van der Waals surface area contributed by atoms with Crippen LogP contribution in [0.3, 0.4) is 0 Å². The fraction of sp³-hybridized carbons (Fsp3) is 0.767. The Kier molecular flexibility index (Phi) is 6.73. The van der Waals surface area contributed by atoms with Crippen molar-refractivity contribution in [2.24, 2.45) is 39.4 Å². The molecule has 0 aromatic rings. The van der Waals surface area contributed by atoms with Crippen molar-refractivity contribution >= 4 is 5.97 Å². The van der Waals surface area contributed by atoms with Gasteiger partial charge in [-0.05, 0) is 85.2 Å². The minimum absolute atomic E-state index is 0.0149. The molecule has 4 N–H and O–H groups in total. The number of aliphatic hydroxyl groups excluding tert-OH is 3. The molecule has 2 saturated carbocycles. The molecule has 0 saturated heterocycles. The molecule has 0 spiro atoms. The predicted octanol–water partition coefficient (Wildman–Crippen LogP) is 5.26. The van der Waals surface area contributed by atoms with Gasteiger partial charge in [-0.15, -0.1) is 0 Å². The van der Waals surface area contributed by atoms with Crippen molar-refractivity contribution in [2.45, 2.75) is 98.7 Å². The molecule has 4 rings (SSSR count). The Balaban J connectivity index is 1.72. The average molecular weight is 487 g/mol. The Morgan fingerprint density at radius 2 is 1.83 bits per heavy atom. The van der Waals surface area contributed by atoms with Crippen LogP contribution in [-0.4, -0.2) is 45.2 Å². The first kappa shape index (κ1) is 26.6. The van der Waals surface area contributed by atoms with E-state index in [-0.39, 0.29) is 40.3 Å². The maximum atomic E-state index is 12.5. The molecule has 0 heterocycles. The second kappa shape index (κ2) is 8.85. The van der Waals surface area contributed by atoms with E-state index in [1.54, 1.807) is 0 Å². The highest BCUT2D eigenvalue weighted by molar-refractivity contribution is 5.71. The quantitative estimate of drug-likeness (QED) is 0.384. The Morgan fingerprint density at radius 1 is 1.14 bits per heavy atom. The zero-order valence-electron chi connectivity index (χ0n) is 22.5. The van der Waals surface area contributed by atoms with Crippen molar-refractivity contribution in [3.8, 4) is 0 Å². The lowest BCUT2D eigenvalue weighted by molar-refractivity contribution is -0.148. The molecule has 196 valence electrons. The monoisotopic (exact) mass is 486 g/mol. The molecule has 5 heteroatoms. The van der Waals surface area contributed by atoms with E-state index in [0.717, 1.165) is 31.3 Å². The predicted molar refractivity (Wildman–Crippen MR) is 138 cm³/mol. The first-order valence-corrected chi connectivity index (χ1v) is 13.5. The van der Waals surface area contributed by atoms with E-state index >= 15 is 0 Å². The van der Waals surface area contributed by atoms with Crippen LogP contribution < -0.4 is 0 Å². The van der Waals surface area contributed by atoms with E-state index < -0.39 is 18.0 Å². The van der Waals surface area contributed by atoms with Gasteiger partial charge >= 0.3 is 5.97 Å². The van der Waals surface area contributed by atoms with E-state index in [1.165, 1.54) is 11.1 Å². The second-order valence-electron chi connectivity index (χ2n) is 13.3. The van der Waals surface area contributed by atoms with Crippen LogP contribution in [0.15, 0.2) is 34.9 Å². The van der Waals surface area contributed by atoms with Gasteiger partial charge in [0, 0.05) is 11.3 Å². The van der Waals surface area contributed by atoms with Crippen LogP contribution in [0.1, 0.15) is 86.5 Å². The Morgan fingerprint density at radius 3 is 2.46 bits per heavy atom. The van der Waals surface area contributed by atoms with Gasteiger partial charge in [-0.1, -0.05) is 58.4 Å². The van der Waals surface area contributed by atoms with Crippen LogP contribution in [0.2, 0.25) is 0 Å². The molecule has 0 aromatic carbocycles. The fourth-order valence-electron chi connectivity index (χ4n) is 8.85. The van der Waals surface area contributed by atoms with E-state index in [4.69, 9.17) is 0 Å². The summed E-state index contributed by atoms with van der Waals surface area (Å²) in [5.41, 5.74) is 2.72. The molecule has 0 aliphatic heterocycles. The standard InChI is InChI=1S/C30H46O5/c1-18(17-31)8-7-9-19(26(34)35)25-22(32)16-30(6)21-10-11-23-27(2,3)24(33)13-14-28(23,4)20(21)12-15-29(25,30)5/h8,10,12,19,22-25,31-33H,7,9,11,13-17H2,1-6H3,(H,34,35)/b18-8-/t19?,22-,23+,24-,25+,28-,29-,30+/m1/s1. The van der Waals surface area contributed by atoms with E-state index in [1.807, 2.05) is 13.0 Å². The minimum Gasteiger partial charge on any atom is -0.481 e. The number of carboxylic acids is 1. The lowest BCUT2D eigenvalue weighted by atomic mass is 9.44. The number of carboxylic acid groups (broad SMARTS) is 1. The van der Waals surface area contributed by atoms with E-state index in [0.29, 0.717) is 25.2 Å². The third-order valence-electron chi connectivity index (χ3n) is 11.2. The largest absolute Gasteiger partial charge is 0.481 e. The Hall–Kier alpha value is -1.43. The number of hydrogen-bond acceptors (Lipinski definition) is 4. The third kappa shape index (κ3) is 3.79. The smallest absolute Gasteiger partial charge is 0.306 e. The first-order chi connectivity index (χ1) is 16.2. The maximum absolute atomic E-state index is 12.5.